The van der Waals surface area contributed by atoms with Crippen molar-refractivity contribution < 1.29 is 0 Å². The lowest BCUT2D eigenvalue weighted by atomic mass is 10.2. The Balaban J connectivity index is 2.23. The highest BCUT2D eigenvalue weighted by molar-refractivity contribution is 8.34. The molecule has 1 aromatic rings. The van der Waals surface area contributed by atoms with Gasteiger partial charge in [-0.3, -0.25) is 8.02 Å². The number of hydrogen-bond donors (Lipinski definition) is 0. The van der Waals surface area contributed by atoms with Gasteiger partial charge in [0.25, 0.3) is 0 Å². The third kappa shape index (κ3) is 2.66. The minimum absolute atomic E-state index is 0.122. The molecule has 0 aliphatic carbocycles. The van der Waals surface area contributed by atoms with Crippen LogP contribution in [0.4, 0.5) is 0 Å². The van der Waals surface area contributed by atoms with Gasteiger partial charge >= 0.3 is 0 Å². The third-order valence-electron chi connectivity index (χ3n) is 2.49. The zero-order valence-corrected chi connectivity index (χ0v) is 12.1. The molecular formula is C11H15N2P2S-. The summed E-state index contributed by atoms with van der Waals surface area (Å²) >= 11 is 0. The van der Waals surface area contributed by atoms with Crippen molar-refractivity contribution in [2.75, 3.05) is 7.05 Å². The minimum Gasteiger partial charge on any atom is -0.397 e. The van der Waals surface area contributed by atoms with E-state index in [-0.39, 0.29) is 9.25 Å². The largest absolute Gasteiger partial charge is 0.397 e. The summed E-state index contributed by atoms with van der Waals surface area (Å²) in [6.07, 6.45) is 2.03. The molecule has 0 saturated heterocycles. The van der Waals surface area contributed by atoms with Crippen molar-refractivity contribution in [3.8, 4) is 0 Å². The Kier molecular flexibility index (Phi) is 4.02. The zero-order valence-electron chi connectivity index (χ0n) is 9.37. The molecule has 1 heterocycles. The summed E-state index contributed by atoms with van der Waals surface area (Å²) < 4.78 is 0. The van der Waals surface area contributed by atoms with E-state index in [0.717, 1.165) is 0 Å². The van der Waals surface area contributed by atoms with E-state index in [9.17, 15) is 0 Å². The van der Waals surface area contributed by atoms with Crippen LogP contribution >= 0.6 is 15.4 Å². The molecule has 1 aliphatic heterocycles. The molecular weight excluding hydrogens is 254 g/mol. The first kappa shape index (κ1) is 12.1. The van der Waals surface area contributed by atoms with Gasteiger partial charge in [-0.1, -0.05) is 37.3 Å². The molecule has 0 amide bonds. The topological polar surface area (TPSA) is 15.6 Å². The van der Waals surface area contributed by atoms with E-state index in [4.69, 9.17) is 0 Å². The Bertz CT molecular complexity index is 454. The highest BCUT2D eigenvalue weighted by Crippen LogP contribution is 2.22. The van der Waals surface area contributed by atoms with Crippen LogP contribution in [0.2, 0.25) is 0 Å². The molecule has 1 aromatic carbocycles. The third-order valence-corrected chi connectivity index (χ3v) is 7.80. The van der Waals surface area contributed by atoms with E-state index in [1.54, 1.807) is 0 Å². The standard InChI is InChI=1S/C11H15N2P2S/c1-9-8-12-13(2)11(9)16(14)15-10-6-4-3-5-7-10/h3-9,11,14H,1-2H3/q-1. The quantitative estimate of drug-likeness (QED) is 0.595. The van der Waals surface area contributed by atoms with E-state index < -0.39 is 0 Å². The van der Waals surface area contributed by atoms with E-state index in [1.165, 1.54) is 12.7 Å². The second-order valence-corrected chi connectivity index (χ2v) is 9.72. The zero-order chi connectivity index (χ0) is 11.5. The van der Waals surface area contributed by atoms with Crippen LogP contribution in [0.25, 0.3) is 0 Å². The second kappa shape index (κ2) is 5.31. The van der Waals surface area contributed by atoms with Crippen molar-refractivity contribution in [2.24, 2.45) is 11.0 Å². The summed E-state index contributed by atoms with van der Waals surface area (Å²) in [6, 6.07) is 10.6. The molecule has 2 nitrogen and oxygen atoms in total. The van der Waals surface area contributed by atoms with Gasteiger partial charge in [-0.15, -0.1) is 0 Å². The maximum absolute atomic E-state index is 4.34. The first-order chi connectivity index (χ1) is 7.68. The lowest BCUT2D eigenvalue weighted by Crippen LogP contribution is -2.27. The summed E-state index contributed by atoms with van der Waals surface area (Å²) in [6.45, 7) is 2.22. The average Bonchev–Trinajstić information content (AvgIpc) is 2.60. The molecule has 0 fully saturated rings. The fraction of sp³-hybridized carbons (Fsp3) is 0.364. The Labute approximate surface area is 102 Å². The van der Waals surface area contributed by atoms with Crippen LogP contribution in [0.1, 0.15) is 6.92 Å². The molecule has 0 saturated carbocycles. The van der Waals surface area contributed by atoms with Gasteiger partial charge in [0.2, 0.25) is 0 Å². The van der Waals surface area contributed by atoms with Crippen molar-refractivity contribution in [1.29, 1.82) is 0 Å². The van der Waals surface area contributed by atoms with Gasteiger partial charge in [0.15, 0.2) is 0 Å². The van der Waals surface area contributed by atoms with Crippen molar-refractivity contribution >= 4 is 36.1 Å². The molecule has 0 aromatic heterocycles. The average molecular weight is 269 g/mol. The monoisotopic (exact) mass is 269 g/mol. The Morgan fingerprint density at radius 3 is 2.62 bits per heavy atom. The van der Waals surface area contributed by atoms with Gasteiger partial charge in [-0.25, -0.2) is 7.36 Å². The molecule has 0 spiro atoms. The van der Waals surface area contributed by atoms with Crippen LogP contribution in [-0.4, -0.2) is 23.6 Å². The van der Waals surface area contributed by atoms with E-state index in [1.807, 2.05) is 13.3 Å². The number of hydrogen-bond acceptors (Lipinski definition) is 3. The van der Waals surface area contributed by atoms with Gasteiger partial charge in [-0.2, -0.15) is 5.10 Å². The number of rotatable bonds is 2. The van der Waals surface area contributed by atoms with Crippen molar-refractivity contribution in [2.45, 2.75) is 12.3 Å². The van der Waals surface area contributed by atoms with Gasteiger partial charge < -0.3 is 14.3 Å². The molecule has 5 heteroatoms. The van der Waals surface area contributed by atoms with Crippen molar-refractivity contribution in [3.63, 3.8) is 0 Å². The van der Waals surface area contributed by atoms with E-state index in [2.05, 4.69) is 55.4 Å². The predicted molar refractivity (Wildman–Crippen MR) is 77.9 cm³/mol. The predicted octanol–water partition coefficient (Wildman–Crippen LogP) is 2.74. The number of hydrazone groups is 1. The van der Waals surface area contributed by atoms with Crippen LogP contribution in [-0.2, 0) is 9.25 Å². The number of nitrogens with zero attached hydrogens (tertiary/aromatic N) is 2. The summed E-state index contributed by atoms with van der Waals surface area (Å²) in [7, 11) is 7.38. The summed E-state index contributed by atoms with van der Waals surface area (Å²) in [5.41, 5.74) is 0. The lowest BCUT2D eigenvalue weighted by molar-refractivity contribution is 0.337. The molecule has 0 radical (unpaired) electrons. The second-order valence-electron chi connectivity index (χ2n) is 3.83. The van der Waals surface area contributed by atoms with Gasteiger partial charge in [0, 0.05) is 13.3 Å². The van der Waals surface area contributed by atoms with E-state index >= 15 is 0 Å². The summed E-state index contributed by atoms with van der Waals surface area (Å²) in [5.74, 6) is 0.516. The van der Waals surface area contributed by atoms with Crippen LogP contribution in [0, 0.1) is 5.92 Å². The van der Waals surface area contributed by atoms with Gasteiger partial charge in [-0.05, 0) is 16.6 Å². The highest BCUT2D eigenvalue weighted by Gasteiger charge is 2.16. The molecule has 2 rings (SSSR count). The van der Waals surface area contributed by atoms with Crippen molar-refractivity contribution in [3.05, 3.63) is 30.3 Å². The van der Waals surface area contributed by atoms with Crippen LogP contribution in [0.15, 0.2) is 35.4 Å². The molecule has 86 valence electrons. The molecule has 16 heavy (non-hydrogen) atoms. The summed E-state index contributed by atoms with van der Waals surface area (Å²) in [4.78, 5) is 0. The number of benzene rings is 1. The van der Waals surface area contributed by atoms with E-state index in [0.29, 0.717) is 11.3 Å². The molecule has 1 aliphatic rings. The Morgan fingerprint density at radius 2 is 2.06 bits per heavy atom. The van der Waals surface area contributed by atoms with Gasteiger partial charge in [0.1, 0.15) is 0 Å². The minimum atomic E-state index is 0.122. The lowest BCUT2D eigenvalue weighted by Gasteiger charge is -2.29. The fourth-order valence-electron chi connectivity index (χ4n) is 1.69. The SMILES string of the molecule is CC1C=NN(C)C1[S-](=P)=Pc1ccccc1. The van der Waals surface area contributed by atoms with Crippen LogP contribution in [0.5, 0.6) is 0 Å². The molecule has 0 bridgehead atoms. The normalized spacial score (nSPS) is 26.2. The van der Waals surface area contributed by atoms with Gasteiger partial charge in [0.05, 0.1) is 0 Å². The molecule has 2 atom stereocenters. The maximum Gasteiger partial charge on any atom is 0.0274 e. The molecule has 0 N–H and O–H groups in total. The Morgan fingerprint density at radius 1 is 1.38 bits per heavy atom. The van der Waals surface area contributed by atoms with Crippen LogP contribution < -0.4 is 5.30 Å². The summed E-state index contributed by atoms with van der Waals surface area (Å²) in [5, 5.41) is 8.23. The molecule has 2 unspecified atom stereocenters. The maximum atomic E-state index is 4.34. The first-order valence-electron chi connectivity index (χ1n) is 5.16. The highest BCUT2D eigenvalue weighted by atomic mass is 32.7. The fourth-order valence-corrected chi connectivity index (χ4v) is 7.55. The van der Waals surface area contributed by atoms with Crippen LogP contribution in [0.3, 0.4) is 0 Å². The smallest absolute Gasteiger partial charge is 0.0274 e. The Hall–Kier alpha value is -0.360. The first-order valence-corrected chi connectivity index (χ1v) is 9.18. The van der Waals surface area contributed by atoms with Crippen molar-refractivity contribution in [1.82, 2.24) is 5.01 Å².